The zero-order valence-electron chi connectivity index (χ0n) is 30.9. The molecule has 48 heavy (non-hydrogen) atoms. The van der Waals surface area contributed by atoms with Gasteiger partial charge < -0.3 is 24.0 Å². The molecule has 1 amide bonds. The van der Waals surface area contributed by atoms with Gasteiger partial charge in [0.15, 0.2) is 19.8 Å². The van der Waals surface area contributed by atoms with Gasteiger partial charge >= 0.3 is 0 Å². The lowest BCUT2D eigenvalue weighted by Crippen LogP contribution is -2.48. The Balaban J connectivity index is 2.44. The molecule has 0 aliphatic heterocycles. The van der Waals surface area contributed by atoms with E-state index in [2.05, 4.69) is 74.1 Å². The second kappa shape index (κ2) is 19.4. The van der Waals surface area contributed by atoms with Gasteiger partial charge in [-0.25, -0.2) is 4.98 Å². The number of hydrogen-bond acceptors (Lipinski definition) is 7. The molecule has 0 bridgehead atoms. The Morgan fingerprint density at radius 1 is 1.04 bits per heavy atom. The molecule has 0 aliphatic rings. The zero-order chi connectivity index (χ0) is 36.1. The highest BCUT2D eigenvalue weighted by atomic mass is 35.5. The number of hydrogen-bond donors (Lipinski definition) is 1. The molecule has 0 unspecified atom stereocenters. The molecule has 12 heteroatoms. The number of anilines is 1. The highest BCUT2D eigenvalue weighted by Gasteiger charge is 2.42. The third-order valence-corrected chi connectivity index (χ3v) is 14.2. The van der Waals surface area contributed by atoms with Crippen molar-refractivity contribution in [1.82, 2.24) is 4.98 Å². The standard InChI is InChI=1S/C36H58ClN5O5Si/c1-24(2)27(19-26-13-15-31(45-9)33(20-26)46-18-12-17-44-8)21-30(41-42-38)32(47-48(10,11)36(5,6)7)22-29(25(3)4)35(43)40-34-16-14-28(37)23-39-34/h13-16,20,23-25,27,29-30,32H,12,17-19,21-22H2,1-11H3,(H,39,40,43)/t27-,29-,30-,32-/m0/s1. The Bertz CT molecular complexity index is 1330. The summed E-state index contributed by atoms with van der Waals surface area (Å²) in [6, 6.07) is 8.94. The van der Waals surface area contributed by atoms with E-state index in [-0.39, 0.29) is 28.7 Å². The first-order chi connectivity index (χ1) is 22.5. The predicted molar refractivity (Wildman–Crippen MR) is 197 cm³/mol. The number of pyridine rings is 1. The molecule has 1 aromatic carbocycles. The van der Waals surface area contributed by atoms with Gasteiger partial charge in [0, 0.05) is 37.2 Å². The molecule has 268 valence electrons. The molecule has 1 aromatic heterocycles. The Labute approximate surface area is 294 Å². The van der Waals surface area contributed by atoms with E-state index in [0.717, 1.165) is 18.4 Å². The van der Waals surface area contributed by atoms with Crippen LogP contribution in [-0.4, -0.2) is 58.8 Å². The maximum absolute atomic E-state index is 13.7. The van der Waals surface area contributed by atoms with Crippen LogP contribution in [0.1, 0.15) is 73.3 Å². The fourth-order valence-electron chi connectivity index (χ4n) is 5.33. The van der Waals surface area contributed by atoms with Crippen LogP contribution in [0.3, 0.4) is 0 Å². The first kappa shape index (κ1) is 41.3. The average molecular weight is 704 g/mol. The summed E-state index contributed by atoms with van der Waals surface area (Å²) in [6.07, 6.45) is 3.57. The number of methoxy groups -OCH3 is 2. The summed E-state index contributed by atoms with van der Waals surface area (Å²) in [5.41, 5.74) is 11.0. The molecular weight excluding hydrogens is 646 g/mol. The van der Waals surface area contributed by atoms with Gasteiger partial charge in [-0.3, -0.25) is 4.79 Å². The minimum absolute atomic E-state index is 0.00274. The van der Waals surface area contributed by atoms with Crippen LogP contribution in [-0.2, 0) is 20.4 Å². The number of amides is 1. The lowest BCUT2D eigenvalue weighted by Gasteiger charge is -2.42. The van der Waals surface area contributed by atoms with E-state index in [9.17, 15) is 10.3 Å². The van der Waals surface area contributed by atoms with Crippen molar-refractivity contribution in [2.45, 2.75) is 104 Å². The van der Waals surface area contributed by atoms with E-state index in [1.165, 1.54) is 6.20 Å². The van der Waals surface area contributed by atoms with Crippen LogP contribution in [0, 0.1) is 23.7 Å². The summed E-state index contributed by atoms with van der Waals surface area (Å²) < 4.78 is 23.9. The second-order valence-corrected chi connectivity index (χ2v) is 19.9. The molecule has 4 atom stereocenters. The van der Waals surface area contributed by atoms with Gasteiger partial charge in [-0.15, -0.1) is 0 Å². The second-order valence-electron chi connectivity index (χ2n) is 14.7. The van der Waals surface area contributed by atoms with Gasteiger partial charge in [0.2, 0.25) is 5.91 Å². The lowest BCUT2D eigenvalue weighted by molar-refractivity contribution is -0.122. The maximum atomic E-state index is 13.7. The molecule has 1 N–H and O–H groups in total. The van der Waals surface area contributed by atoms with Gasteiger partial charge in [-0.2, -0.15) is 0 Å². The van der Waals surface area contributed by atoms with Crippen molar-refractivity contribution >= 4 is 31.6 Å². The number of carbonyl (C=O) groups is 1. The molecule has 10 nitrogen and oxygen atoms in total. The van der Waals surface area contributed by atoms with Crippen molar-refractivity contribution in [2.24, 2.45) is 28.8 Å². The molecule has 0 spiro atoms. The predicted octanol–water partition coefficient (Wildman–Crippen LogP) is 9.73. The molecule has 2 aromatic rings. The van der Waals surface area contributed by atoms with Crippen molar-refractivity contribution in [3.05, 3.63) is 57.6 Å². The van der Waals surface area contributed by atoms with E-state index in [4.69, 9.17) is 30.2 Å². The van der Waals surface area contributed by atoms with Crippen molar-refractivity contribution in [1.29, 1.82) is 0 Å². The molecule has 0 fully saturated rings. The summed E-state index contributed by atoms with van der Waals surface area (Å²) in [7, 11) is 0.965. The molecule has 2 rings (SSSR count). The smallest absolute Gasteiger partial charge is 0.228 e. The molecule has 0 radical (unpaired) electrons. The molecule has 1 heterocycles. The van der Waals surface area contributed by atoms with E-state index in [0.29, 0.717) is 48.4 Å². The number of nitrogens with zero attached hydrogens (tertiary/aromatic N) is 4. The zero-order valence-corrected chi connectivity index (χ0v) is 32.6. The normalized spacial score (nSPS) is 14.6. The number of aromatic nitrogens is 1. The summed E-state index contributed by atoms with van der Waals surface area (Å²) in [5, 5.41) is 7.75. The maximum Gasteiger partial charge on any atom is 0.228 e. The number of benzene rings is 1. The van der Waals surface area contributed by atoms with Crippen LogP contribution in [0.5, 0.6) is 11.5 Å². The van der Waals surface area contributed by atoms with Crippen molar-refractivity contribution in [3.8, 4) is 11.5 Å². The summed E-state index contributed by atoms with van der Waals surface area (Å²) in [5.74, 6) is 1.68. The first-order valence-corrected chi connectivity index (χ1v) is 20.2. The Morgan fingerprint density at radius 3 is 2.29 bits per heavy atom. The quantitative estimate of drug-likeness (QED) is 0.0481. The van der Waals surface area contributed by atoms with Crippen molar-refractivity contribution in [2.75, 3.05) is 32.8 Å². The highest BCUT2D eigenvalue weighted by Crippen LogP contribution is 2.40. The molecule has 0 saturated heterocycles. The number of carbonyl (C=O) groups excluding carboxylic acids is 1. The molecular formula is C36H58ClN5O5Si. The largest absolute Gasteiger partial charge is 0.493 e. The fraction of sp³-hybridized carbons (Fsp3) is 0.667. The van der Waals surface area contributed by atoms with E-state index < -0.39 is 26.4 Å². The number of rotatable bonds is 20. The Morgan fingerprint density at radius 2 is 1.75 bits per heavy atom. The summed E-state index contributed by atoms with van der Waals surface area (Å²) >= 11 is 6.02. The van der Waals surface area contributed by atoms with Crippen LogP contribution in [0.15, 0.2) is 41.6 Å². The van der Waals surface area contributed by atoms with Gasteiger partial charge in [-0.05, 0) is 90.5 Å². The van der Waals surface area contributed by atoms with Crippen LogP contribution in [0.2, 0.25) is 23.2 Å². The summed E-state index contributed by atoms with van der Waals surface area (Å²) in [6.45, 7) is 20.5. The SMILES string of the molecule is COCCCOc1cc(C[C@@H](C[C@H](N=[N+]=[N-])[C@H](C[C@H](C(=O)Nc2ccc(Cl)cn2)C(C)C)O[Si](C)(C)C(C)(C)C)C(C)C)ccc1OC. The van der Waals surface area contributed by atoms with Crippen molar-refractivity contribution in [3.63, 3.8) is 0 Å². The number of ether oxygens (including phenoxy) is 3. The minimum atomic E-state index is -2.35. The Kier molecular flexibility index (Phi) is 16.7. The fourth-order valence-corrected chi connectivity index (χ4v) is 6.81. The van der Waals surface area contributed by atoms with Crippen LogP contribution in [0.4, 0.5) is 5.82 Å². The lowest BCUT2D eigenvalue weighted by atomic mass is 9.80. The number of nitrogens with one attached hydrogen (secondary N) is 1. The number of halogens is 1. The van der Waals surface area contributed by atoms with Gasteiger partial charge in [0.05, 0.1) is 30.9 Å². The van der Waals surface area contributed by atoms with Crippen LogP contribution in [0.25, 0.3) is 10.4 Å². The van der Waals surface area contributed by atoms with Crippen LogP contribution >= 0.6 is 11.6 Å². The van der Waals surface area contributed by atoms with Crippen molar-refractivity contribution < 1.29 is 23.4 Å². The average Bonchev–Trinajstić information content (AvgIpc) is 3.01. The van der Waals surface area contributed by atoms with Gasteiger partial charge in [-0.1, -0.05) is 71.2 Å². The third kappa shape index (κ3) is 12.9. The van der Waals surface area contributed by atoms with Gasteiger partial charge in [0.1, 0.15) is 5.82 Å². The van der Waals surface area contributed by atoms with E-state index in [1.54, 1.807) is 26.4 Å². The first-order valence-electron chi connectivity index (χ1n) is 17.0. The monoisotopic (exact) mass is 703 g/mol. The van der Waals surface area contributed by atoms with E-state index in [1.807, 2.05) is 26.0 Å². The summed E-state index contributed by atoms with van der Waals surface area (Å²) in [4.78, 5) is 21.3. The minimum Gasteiger partial charge on any atom is -0.493 e. The highest BCUT2D eigenvalue weighted by molar-refractivity contribution is 6.74. The Hall–Kier alpha value is -2.82. The molecule has 0 aliphatic carbocycles. The third-order valence-electron chi connectivity index (χ3n) is 9.45. The number of azide groups is 1. The van der Waals surface area contributed by atoms with Gasteiger partial charge in [0.25, 0.3) is 0 Å². The van der Waals surface area contributed by atoms with Crippen LogP contribution < -0.4 is 14.8 Å². The van der Waals surface area contributed by atoms with E-state index >= 15 is 0 Å². The molecule has 0 saturated carbocycles. The topological polar surface area (TPSA) is 128 Å².